The lowest BCUT2D eigenvalue weighted by Gasteiger charge is -2.18. The summed E-state index contributed by atoms with van der Waals surface area (Å²) < 4.78 is 0. The van der Waals surface area contributed by atoms with Gasteiger partial charge in [0.1, 0.15) is 5.75 Å². The molecule has 0 aliphatic heterocycles. The second-order valence-electron chi connectivity index (χ2n) is 5.61. The molecule has 0 atom stereocenters. The molecule has 132 valence electrons. The molecule has 9 heteroatoms. The number of aromatic hydroxyl groups is 3. The third-order valence-electron chi connectivity index (χ3n) is 4.07. The predicted molar refractivity (Wildman–Crippen MR) is 99.8 cm³/mol. The van der Waals surface area contributed by atoms with Gasteiger partial charge in [-0.1, -0.05) is 53.0 Å². The molecule has 7 nitrogen and oxygen atoms in total. The minimum absolute atomic E-state index is 0.0748. The van der Waals surface area contributed by atoms with E-state index in [2.05, 4.69) is 9.97 Å². The molecule has 0 saturated heterocycles. The standard InChI is InChI=1S/C17H12N2O5S2/c20-9-6-5-7-3-1-2-4-8(7)10(9)11(12-14(21)18-16(23)25-12)13-15(22)19-17(24)26-13/h1-6,11,20-22H,(H,18,23)(H,19,24). The average molecular weight is 388 g/mol. The van der Waals surface area contributed by atoms with Crippen LogP contribution in [0.5, 0.6) is 17.5 Å². The van der Waals surface area contributed by atoms with E-state index in [0.29, 0.717) is 10.9 Å². The minimum Gasteiger partial charge on any atom is -0.508 e. The molecule has 0 spiro atoms. The predicted octanol–water partition coefficient (Wildman–Crippen LogP) is 2.64. The Bertz CT molecular complexity index is 1180. The topological polar surface area (TPSA) is 126 Å². The fourth-order valence-electron chi connectivity index (χ4n) is 3.02. The second kappa shape index (κ2) is 6.04. The van der Waals surface area contributed by atoms with E-state index in [4.69, 9.17) is 0 Å². The van der Waals surface area contributed by atoms with Crippen molar-refractivity contribution in [1.82, 2.24) is 9.97 Å². The molecule has 2 aromatic carbocycles. The highest BCUT2D eigenvalue weighted by molar-refractivity contribution is 7.11. The highest BCUT2D eigenvalue weighted by Gasteiger charge is 2.31. The van der Waals surface area contributed by atoms with Crippen molar-refractivity contribution in [3.63, 3.8) is 0 Å². The van der Waals surface area contributed by atoms with Crippen LogP contribution in [0, 0.1) is 0 Å². The average Bonchev–Trinajstić information content (AvgIpc) is 3.11. The van der Waals surface area contributed by atoms with Gasteiger partial charge in [-0.25, -0.2) is 0 Å². The maximum Gasteiger partial charge on any atom is 0.307 e. The Labute approximate surface area is 153 Å². The summed E-state index contributed by atoms with van der Waals surface area (Å²) in [6.45, 7) is 0. The molecule has 0 radical (unpaired) electrons. The number of phenols is 1. The maximum absolute atomic E-state index is 11.7. The number of benzene rings is 2. The van der Waals surface area contributed by atoms with E-state index in [1.165, 1.54) is 6.07 Å². The van der Waals surface area contributed by atoms with Crippen LogP contribution >= 0.6 is 22.7 Å². The number of phenolic OH excluding ortho intramolecular Hbond substituents is 1. The van der Waals surface area contributed by atoms with Crippen molar-refractivity contribution in [2.45, 2.75) is 5.92 Å². The Hall–Kier alpha value is -3.04. The van der Waals surface area contributed by atoms with Crippen LogP contribution in [0.15, 0.2) is 46.0 Å². The Balaban J connectivity index is 2.12. The number of fused-ring (bicyclic) bond motifs is 1. The van der Waals surface area contributed by atoms with Crippen molar-refractivity contribution in [3.05, 3.63) is 71.1 Å². The molecule has 26 heavy (non-hydrogen) atoms. The number of H-pyrrole nitrogens is 2. The van der Waals surface area contributed by atoms with E-state index in [9.17, 15) is 24.9 Å². The number of hydrogen-bond acceptors (Lipinski definition) is 7. The van der Waals surface area contributed by atoms with Crippen LogP contribution in [-0.4, -0.2) is 25.3 Å². The largest absolute Gasteiger partial charge is 0.508 e. The van der Waals surface area contributed by atoms with Crippen LogP contribution in [-0.2, 0) is 0 Å². The number of thiazole rings is 2. The van der Waals surface area contributed by atoms with Crippen molar-refractivity contribution in [2.75, 3.05) is 0 Å². The third kappa shape index (κ3) is 2.57. The van der Waals surface area contributed by atoms with Gasteiger partial charge in [0.25, 0.3) is 0 Å². The van der Waals surface area contributed by atoms with E-state index >= 15 is 0 Å². The molecule has 0 fully saturated rings. The van der Waals surface area contributed by atoms with Crippen LogP contribution < -0.4 is 9.75 Å². The van der Waals surface area contributed by atoms with Crippen molar-refractivity contribution in [2.24, 2.45) is 0 Å². The minimum atomic E-state index is -0.894. The van der Waals surface area contributed by atoms with Crippen LogP contribution in [0.3, 0.4) is 0 Å². The molecular weight excluding hydrogens is 376 g/mol. The molecule has 0 aliphatic carbocycles. The van der Waals surface area contributed by atoms with Crippen LogP contribution in [0.2, 0.25) is 0 Å². The smallest absolute Gasteiger partial charge is 0.307 e. The quantitative estimate of drug-likeness (QED) is 0.369. The van der Waals surface area contributed by atoms with Gasteiger partial charge in [0.2, 0.25) is 11.8 Å². The van der Waals surface area contributed by atoms with Gasteiger partial charge in [-0.05, 0) is 16.8 Å². The highest BCUT2D eigenvalue weighted by Crippen LogP contribution is 2.47. The molecule has 0 aliphatic rings. The Morgan fingerprint density at radius 2 is 1.38 bits per heavy atom. The molecule has 0 saturated carbocycles. The van der Waals surface area contributed by atoms with Gasteiger partial charge in [0.05, 0.1) is 15.7 Å². The number of aromatic amines is 2. The maximum atomic E-state index is 11.7. The van der Waals surface area contributed by atoms with E-state index in [1.54, 1.807) is 18.2 Å². The van der Waals surface area contributed by atoms with E-state index in [1.807, 2.05) is 12.1 Å². The van der Waals surface area contributed by atoms with Crippen molar-refractivity contribution in [3.8, 4) is 17.5 Å². The van der Waals surface area contributed by atoms with E-state index in [0.717, 1.165) is 28.1 Å². The molecule has 2 aromatic heterocycles. The number of nitrogens with one attached hydrogen (secondary N) is 2. The zero-order valence-electron chi connectivity index (χ0n) is 13.0. The lowest BCUT2D eigenvalue weighted by atomic mass is 9.90. The number of rotatable bonds is 3. The van der Waals surface area contributed by atoms with Crippen molar-refractivity contribution >= 4 is 33.4 Å². The SMILES string of the molecule is O=c1[nH]c(O)c(C(c2sc(=O)[nH]c2O)c2c(O)ccc3ccccc23)s1. The number of hydrogen-bond donors (Lipinski definition) is 5. The van der Waals surface area contributed by atoms with Crippen LogP contribution in [0.25, 0.3) is 10.8 Å². The zero-order valence-corrected chi connectivity index (χ0v) is 14.6. The summed E-state index contributed by atoms with van der Waals surface area (Å²) in [5.41, 5.74) is 0.388. The molecule has 2 heterocycles. The summed E-state index contributed by atoms with van der Waals surface area (Å²) in [5, 5.41) is 32.5. The van der Waals surface area contributed by atoms with Gasteiger partial charge in [0.15, 0.2) is 0 Å². The lowest BCUT2D eigenvalue weighted by Crippen LogP contribution is -2.02. The summed E-state index contributed by atoms with van der Waals surface area (Å²) in [7, 11) is 0. The zero-order chi connectivity index (χ0) is 18.4. The van der Waals surface area contributed by atoms with Crippen molar-refractivity contribution < 1.29 is 15.3 Å². The lowest BCUT2D eigenvalue weighted by molar-refractivity contribution is 0.439. The molecule has 5 N–H and O–H groups in total. The van der Waals surface area contributed by atoms with Crippen molar-refractivity contribution in [1.29, 1.82) is 0 Å². The summed E-state index contributed by atoms with van der Waals surface area (Å²) in [6, 6.07) is 10.5. The summed E-state index contributed by atoms with van der Waals surface area (Å²) in [6.07, 6.45) is 0. The fraction of sp³-hybridized carbons (Fsp3) is 0.0588. The first-order chi connectivity index (χ1) is 12.5. The summed E-state index contributed by atoms with van der Waals surface area (Å²) in [4.78, 5) is 27.5. The molecule has 4 rings (SSSR count). The van der Waals surface area contributed by atoms with E-state index < -0.39 is 15.7 Å². The first-order valence-electron chi connectivity index (χ1n) is 7.50. The highest BCUT2D eigenvalue weighted by atomic mass is 32.1. The van der Waals surface area contributed by atoms with E-state index in [-0.39, 0.29) is 27.3 Å². The normalized spacial score (nSPS) is 11.4. The van der Waals surface area contributed by atoms with Crippen LogP contribution in [0.4, 0.5) is 0 Å². The fourth-order valence-corrected chi connectivity index (χ4v) is 4.80. The molecular formula is C17H12N2O5S2. The Kier molecular flexibility index (Phi) is 3.82. The number of aromatic nitrogens is 2. The van der Waals surface area contributed by atoms with Gasteiger partial charge in [-0.3, -0.25) is 19.6 Å². The van der Waals surface area contributed by atoms with Crippen LogP contribution in [0.1, 0.15) is 21.2 Å². The molecule has 0 bridgehead atoms. The molecule has 0 amide bonds. The second-order valence-corrected chi connectivity index (χ2v) is 7.64. The van der Waals surface area contributed by atoms with Gasteiger partial charge in [-0.15, -0.1) is 0 Å². The monoisotopic (exact) mass is 388 g/mol. The first-order valence-corrected chi connectivity index (χ1v) is 9.13. The summed E-state index contributed by atoms with van der Waals surface area (Å²) >= 11 is 1.51. The van der Waals surface area contributed by atoms with Gasteiger partial charge < -0.3 is 15.3 Å². The van der Waals surface area contributed by atoms with Gasteiger partial charge in [-0.2, -0.15) is 0 Å². The molecule has 4 aromatic rings. The Morgan fingerprint density at radius 1 is 0.808 bits per heavy atom. The van der Waals surface area contributed by atoms with Gasteiger partial charge >= 0.3 is 9.75 Å². The third-order valence-corrected chi connectivity index (χ3v) is 5.95. The summed E-state index contributed by atoms with van der Waals surface area (Å²) in [5.74, 6) is -1.70. The molecule has 0 unspecified atom stereocenters. The van der Waals surface area contributed by atoms with Gasteiger partial charge in [0, 0.05) is 5.56 Å². The Morgan fingerprint density at radius 3 is 1.92 bits per heavy atom. The first kappa shape index (κ1) is 16.4.